The van der Waals surface area contributed by atoms with Gasteiger partial charge in [0.25, 0.3) is 0 Å². The fraction of sp³-hybridized carbons (Fsp3) is 0.545. The molecule has 0 saturated carbocycles. The molecule has 74 valence electrons. The minimum atomic E-state index is 0.335. The largest absolute Gasteiger partial charge is 0.240 e. The van der Waals surface area contributed by atoms with E-state index in [0.29, 0.717) is 17.4 Å². The van der Waals surface area contributed by atoms with Crippen LogP contribution in [0.5, 0.6) is 0 Å². The average molecular weight is 189 g/mol. The number of nitrogens with zero attached hydrogens (tertiary/aromatic N) is 3. The van der Waals surface area contributed by atoms with Crippen LogP contribution >= 0.6 is 0 Å². The molecule has 0 saturated heterocycles. The van der Waals surface area contributed by atoms with Gasteiger partial charge in [-0.3, -0.25) is 0 Å². The molecule has 1 atom stereocenters. The van der Waals surface area contributed by atoms with Gasteiger partial charge in [-0.2, -0.15) is 5.26 Å². The number of rotatable bonds is 2. The van der Waals surface area contributed by atoms with E-state index in [0.717, 1.165) is 11.5 Å². The number of aryl methyl sites for hydroxylation is 1. The van der Waals surface area contributed by atoms with Crippen LogP contribution in [0.4, 0.5) is 0 Å². The molecule has 0 fully saturated rings. The molecule has 0 N–H and O–H groups in total. The summed E-state index contributed by atoms with van der Waals surface area (Å²) in [6.07, 6.45) is 1.61. The van der Waals surface area contributed by atoms with E-state index in [1.54, 1.807) is 6.20 Å². The van der Waals surface area contributed by atoms with Crippen molar-refractivity contribution in [2.75, 3.05) is 0 Å². The van der Waals surface area contributed by atoms with E-state index in [1.807, 2.05) is 6.92 Å². The molecular formula is C11H15N3. The molecule has 0 spiro atoms. The SMILES string of the molecule is Cc1nc(C(C)C(C)C)ncc1C#N. The van der Waals surface area contributed by atoms with Gasteiger partial charge in [-0.05, 0) is 12.8 Å². The lowest BCUT2D eigenvalue weighted by Crippen LogP contribution is -2.08. The predicted molar refractivity (Wildman–Crippen MR) is 54.7 cm³/mol. The molecule has 1 aromatic rings. The molecule has 0 bridgehead atoms. The fourth-order valence-electron chi connectivity index (χ4n) is 1.11. The van der Waals surface area contributed by atoms with E-state index in [4.69, 9.17) is 5.26 Å². The first-order valence-electron chi connectivity index (χ1n) is 4.80. The highest BCUT2D eigenvalue weighted by Gasteiger charge is 2.13. The van der Waals surface area contributed by atoms with E-state index in [-0.39, 0.29) is 0 Å². The van der Waals surface area contributed by atoms with E-state index in [1.165, 1.54) is 0 Å². The molecule has 1 aromatic heterocycles. The van der Waals surface area contributed by atoms with Gasteiger partial charge in [0.1, 0.15) is 11.9 Å². The summed E-state index contributed by atoms with van der Waals surface area (Å²) in [5.41, 5.74) is 1.33. The Bertz CT molecular complexity index is 363. The van der Waals surface area contributed by atoms with Crippen LogP contribution in [0.25, 0.3) is 0 Å². The molecule has 3 heteroatoms. The number of nitriles is 1. The maximum absolute atomic E-state index is 8.73. The van der Waals surface area contributed by atoms with Gasteiger partial charge in [0.2, 0.25) is 0 Å². The maximum atomic E-state index is 8.73. The average Bonchev–Trinajstić information content (AvgIpc) is 2.16. The van der Waals surface area contributed by atoms with Crippen molar-refractivity contribution in [1.29, 1.82) is 5.26 Å². The third kappa shape index (κ3) is 2.08. The van der Waals surface area contributed by atoms with Crippen LogP contribution in [-0.4, -0.2) is 9.97 Å². The highest BCUT2D eigenvalue weighted by molar-refractivity contribution is 5.30. The van der Waals surface area contributed by atoms with E-state index in [2.05, 4.69) is 36.8 Å². The molecule has 1 rings (SSSR count). The molecule has 1 unspecified atom stereocenters. The predicted octanol–water partition coefficient (Wildman–Crippen LogP) is 2.42. The molecule has 0 aromatic carbocycles. The lowest BCUT2D eigenvalue weighted by molar-refractivity contribution is 0.509. The summed E-state index contributed by atoms with van der Waals surface area (Å²) in [5.74, 6) is 1.68. The van der Waals surface area contributed by atoms with Crippen molar-refractivity contribution in [2.45, 2.75) is 33.6 Å². The van der Waals surface area contributed by atoms with Crippen LogP contribution < -0.4 is 0 Å². The van der Waals surface area contributed by atoms with Crippen LogP contribution in [0, 0.1) is 24.2 Å². The van der Waals surface area contributed by atoms with E-state index >= 15 is 0 Å². The van der Waals surface area contributed by atoms with Crippen molar-refractivity contribution in [3.63, 3.8) is 0 Å². The summed E-state index contributed by atoms with van der Waals surface area (Å²) in [6, 6.07) is 2.07. The van der Waals surface area contributed by atoms with Crippen LogP contribution in [0.3, 0.4) is 0 Å². The molecule has 0 aliphatic rings. The van der Waals surface area contributed by atoms with Crippen LogP contribution in [-0.2, 0) is 0 Å². The van der Waals surface area contributed by atoms with Crippen LogP contribution in [0.1, 0.15) is 43.8 Å². The Morgan fingerprint density at radius 2 is 2.00 bits per heavy atom. The highest BCUT2D eigenvalue weighted by Crippen LogP contribution is 2.20. The molecule has 14 heavy (non-hydrogen) atoms. The van der Waals surface area contributed by atoms with Gasteiger partial charge in [-0.1, -0.05) is 20.8 Å². The Labute approximate surface area is 84.8 Å². The van der Waals surface area contributed by atoms with Gasteiger partial charge in [-0.25, -0.2) is 9.97 Å². The normalized spacial score (nSPS) is 12.6. The minimum Gasteiger partial charge on any atom is -0.240 e. The zero-order valence-electron chi connectivity index (χ0n) is 9.07. The van der Waals surface area contributed by atoms with Crippen molar-refractivity contribution in [3.05, 3.63) is 23.3 Å². The van der Waals surface area contributed by atoms with Crippen molar-refractivity contribution >= 4 is 0 Å². The van der Waals surface area contributed by atoms with Crippen molar-refractivity contribution in [2.24, 2.45) is 5.92 Å². The molecule has 0 aliphatic heterocycles. The summed E-state index contributed by atoms with van der Waals surface area (Å²) in [4.78, 5) is 8.53. The van der Waals surface area contributed by atoms with Gasteiger partial charge in [0.05, 0.1) is 11.3 Å². The molecule has 0 radical (unpaired) electrons. The van der Waals surface area contributed by atoms with E-state index in [9.17, 15) is 0 Å². The first-order valence-corrected chi connectivity index (χ1v) is 4.80. The van der Waals surface area contributed by atoms with Gasteiger partial charge in [-0.15, -0.1) is 0 Å². The number of hydrogen-bond acceptors (Lipinski definition) is 3. The van der Waals surface area contributed by atoms with Crippen molar-refractivity contribution < 1.29 is 0 Å². The Kier molecular flexibility index (Phi) is 3.19. The van der Waals surface area contributed by atoms with Gasteiger partial charge < -0.3 is 0 Å². The van der Waals surface area contributed by atoms with Gasteiger partial charge >= 0.3 is 0 Å². The smallest absolute Gasteiger partial charge is 0.131 e. The lowest BCUT2D eigenvalue weighted by atomic mass is 9.97. The number of aromatic nitrogens is 2. The Balaban J connectivity index is 3.04. The van der Waals surface area contributed by atoms with Gasteiger partial charge in [0, 0.05) is 12.1 Å². The van der Waals surface area contributed by atoms with Gasteiger partial charge in [0.15, 0.2) is 0 Å². The molecule has 0 aliphatic carbocycles. The second kappa shape index (κ2) is 4.19. The van der Waals surface area contributed by atoms with Crippen LogP contribution in [0.2, 0.25) is 0 Å². The van der Waals surface area contributed by atoms with E-state index < -0.39 is 0 Å². The standard InChI is InChI=1S/C11H15N3/c1-7(2)8(3)11-13-6-10(5-12)9(4)14-11/h6-8H,1-4H3. The Hall–Kier alpha value is -1.43. The zero-order valence-corrected chi connectivity index (χ0v) is 9.07. The first kappa shape index (κ1) is 10.6. The third-order valence-corrected chi connectivity index (χ3v) is 2.53. The monoisotopic (exact) mass is 189 g/mol. The molecule has 1 heterocycles. The summed E-state index contributed by atoms with van der Waals surface area (Å²) in [6.45, 7) is 8.23. The Morgan fingerprint density at radius 1 is 1.36 bits per heavy atom. The van der Waals surface area contributed by atoms with Crippen molar-refractivity contribution in [1.82, 2.24) is 9.97 Å². The zero-order chi connectivity index (χ0) is 10.7. The quantitative estimate of drug-likeness (QED) is 0.717. The summed E-state index contributed by atoms with van der Waals surface area (Å²) in [7, 11) is 0. The second-order valence-electron chi connectivity index (χ2n) is 3.87. The maximum Gasteiger partial charge on any atom is 0.131 e. The minimum absolute atomic E-state index is 0.335. The molecule has 3 nitrogen and oxygen atoms in total. The topological polar surface area (TPSA) is 49.6 Å². The van der Waals surface area contributed by atoms with Crippen molar-refractivity contribution in [3.8, 4) is 6.07 Å². The molecular weight excluding hydrogens is 174 g/mol. The third-order valence-electron chi connectivity index (χ3n) is 2.53. The highest BCUT2D eigenvalue weighted by atomic mass is 14.9. The summed E-state index contributed by atoms with van der Waals surface area (Å²) >= 11 is 0. The fourth-order valence-corrected chi connectivity index (χ4v) is 1.11. The summed E-state index contributed by atoms with van der Waals surface area (Å²) < 4.78 is 0. The summed E-state index contributed by atoms with van der Waals surface area (Å²) in [5, 5.41) is 8.73. The first-order chi connectivity index (χ1) is 6.56. The molecule has 0 amide bonds. The second-order valence-corrected chi connectivity index (χ2v) is 3.87. The van der Waals surface area contributed by atoms with Crippen LogP contribution in [0.15, 0.2) is 6.20 Å². The lowest BCUT2D eigenvalue weighted by Gasteiger charge is -2.14. The number of hydrogen-bond donors (Lipinski definition) is 0. The Morgan fingerprint density at radius 3 is 2.43 bits per heavy atom.